The van der Waals surface area contributed by atoms with E-state index in [-0.39, 0.29) is 17.4 Å². The van der Waals surface area contributed by atoms with Crippen molar-refractivity contribution in [1.29, 1.82) is 0 Å². The van der Waals surface area contributed by atoms with E-state index in [1.165, 1.54) is 16.9 Å². The van der Waals surface area contributed by atoms with Gasteiger partial charge in [0.1, 0.15) is 0 Å². The summed E-state index contributed by atoms with van der Waals surface area (Å²) in [6.45, 7) is 8.43. The fraction of sp³-hybridized carbons (Fsp3) is 0.381. The Kier molecular flexibility index (Phi) is 6.00. The van der Waals surface area contributed by atoms with E-state index in [1.807, 2.05) is 19.1 Å². The molecule has 0 spiro atoms. The molecule has 0 aliphatic carbocycles. The van der Waals surface area contributed by atoms with Crippen LogP contribution < -0.4 is 9.62 Å². The summed E-state index contributed by atoms with van der Waals surface area (Å²) in [5.41, 5.74) is 3.37. The molecular formula is C21H28N2O3S. The molecule has 6 heteroatoms. The Balaban J connectivity index is 2.08. The van der Waals surface area contributed by atoms with Crippen LogP contribution in [-0.2, 0) is 15.4 Å². The monoisotopic (exact) mass is 388 g/mol. The molecule has 0 saturated carbocycles. The molecule has 0 aliphatic rings. The standard InChI is InChI=1S/C21H28N2O3S/c1-15(16-7-11-18(12-8-16)21(2,3)4)22-20(24)17-9-13-19(14-10-17)23(5)27(6,25)26/h7-15H,1-6H3,(H,22,24)/t15-/m0/s1. The lowest BCUT2D eigenvalue weighted by molar-refractivity contribution is 0.0940. The van der Waals surface area contributed by atoms with Gasteiger partial charge in [0.25, 0.3) is 5.91 Å². The summed E-state index contributed by atoms with van der Waals surface area (Å²) in [6.07, 6.45) is 1.14. The molecule has 1 amide bonds. The minimum absolute atomic E-state index is 0.0892. The molecular weight excluding hydrogens is 360 g/mol. The van der Waals surface area contributed by atoms with Crippen LogP contribution in [0.5, 0.6) is 0 Å². The molecule has 0 bridgehead atoms. The van der Waals surface area contributed by atoms with Crippen LogP contribution in [0, 0.1) is 0 Å². The molecule has 2 aromatic carbocycles. The summed E-state index contributed by atoms with van der Waals surface area (Å²) < 4.78 is 24.3. The first-order valence-electron chi connectivity index (χ1n) is 8.85. The molecule has 0 aromatic heterocycles. The Morgan fingerprint density at radius 3 is 1.96 bits per heavy atom. The van der Waals surface area contributed by atoms with E-state index in [1.54, 1.807) is 24.3 Å². The Morgan fingerprint density at radius 2 is 1.52 bits per heavy atom. The first-order valence-corrected chi connectivity index (χ1v) is 10.7. The van der Waals surface area contributed by atoms with Crippen LogP contribution >= 0.6 is 0 Å². The second kappa shape index (κ2) is 7.72. The fourth-order valence-corrected chi connectivity index (χ4v) is 3.15. The number of hydrogen-bond donors (Lipinski definition) is 1. The van der Waals surface area contributed by atoms with Crippen molar-refractivity contribution in [2.24, 2.45) is 0 Å². The van der Waals surface area contributed by atoms with Gasteiger partial charge in [-0.2, -0.15) is 0 Å². The second-order valence-corrected chi connectivity index (χ2v) is 9.86. The van der Waals surface area contributed by atoms with Crippen LogP contribution in [0.3, 0.4) is 0 Å². The van der Waals surface area contributed by atoms with Crippen molar-refractivity contribution in [3.8, 4) is 0 Å². The minimum Gasteiger partial charge on any atom is -0.346 e. The Morgan fingerprint density at radius 1 is 1.00 bits per heavy atom. The third kappa shape index (κ3) is 5.32. The van der Waals surface area contributed by atoms with Crippen LogP contribution in [0.1, 0.15) is 55.2 Å². The Bertz CT molecular complexity index is 896. The average molecular weight is 389 g/mol. The molecule has 0 aliphatic heterocycles. The predicted octanol–water partition coefficient (Wildman–Crippen LogP) is 3.87. The van der Waals surface area contributed by atoms with Crippen LogP contribution in [0.25, 0.3) is 0 Å². The zero-order valence-corrected chi connectivity index (χ0v) is 17.6. The van der Waals surface area contributed by atoms with Gasteiger partial charge in [0, 0.05) is 12.6 Å². The van der Waals surface area contributed by atoms with Crippen molar-refractivity contribution in [2.45, 2.75) is 39.2 Å². The van der Waals surface area contributed by atoms with Gasteiger partial charge < -0.3 is 5.32 Å². The van der Waals surface area contributed by atoms with E-state index in [2.05, 4.69) is 38.2 Å². The van der Waals surface area contributed by atoms with Crippen molar-refractivity contribution in [2.75, 3.05) is 17.6 Å². The fourth-order valence-electron chi connectivity index (χ4n) is 2.65. The van der Waals surface area contributed by atoms with Crippen molar-refractivity contribution in [3.05, 3.63) is 65.2 Å². The number of benzene rings is 2. The third-order valence-corrected chi connectivity index (χ3v) is 5.82. The average Bonchev–Trinajstić information content (AvgIpc) is 2.59. The van der Waals surface area contributed by atoms with E-state index in [0.29, 0.717) is 11.3 Å². The number of nitrogens with one attached hydrogen (secondary N) is 1. The van der Waals surface area contributed by atoms with Gasteiger partial charge in [-0.05, 0) is 47.7 Å². The smallest absolute Gasteiger partial charge is 0.251 e. The van der Waals surface area contributed by atoms with Crippen molar-refractivity contribution in [3.63, 3.8) is 0 Å². The number of anilines is 1. The first-order chi connectivity index (χ1) is 12.4. The largest absolute Gasteiger partial charge is 0.346 e. The highest BCUT2D eigenvalue weighted by atomic mass is 32.2. The summed E-state index contributed by atoms with van der Waals surface area (Å²) in [5, 5.41) is 2.98. The number of amides is 1. The first kappa shape index (κ1) is 21.0. The highest BCUT2D eigenvalue weighted by molar-refractivity contribution is 7.92. The maximum Gasteiger partial charge on any atom is 0.251 e. The lowest BCUT2D eigenvalue weighted by Crippen LogP contribution is -2.27. The lowest BCUT2D eigenvalue weighted by atomic mass is 9.86. The molecule has 0 heterocycles. The van der Waals surface area contributed by atoms with Gasteiger partial charge in [0.2, 0.25) is 10.0 Å². The van der Waals surface area contributed by atoms with Gasteiger partial charge >= 0.3 is 0 Å². The van der Waals surface area contributed by atoms with E-state index in [9.17, 15) is 13.2 Å². The van der Waals surface area contributed by atoms with Crippen molar-refractivity contribution in [1.82, 2.24) is 5.32 Å². The Labute approximate surface area is 162 Å². The summed E-state index contributed by atoms with van der Waals surface area (Å²) in [4.78, 5) is 12.5. The molecule has 2 aromatic rings. The summed E-state index contributed by atoms with van der Waals surface area (Å²) >= 11 is 0. The number of sulfonamides is 1. The number of rotatable bonds is 5. The minimum atomic E-state index is -3.33. The van der Waals surface area contributed by atoms with Crippen LogP contribution in [0.15, 0.2) is 48.5 Å². The summed E-state index contributed by atoms with van der Waals surface area (Å²) in [7, 11) is -1.85. The number of hydrogen-bond acceptors (Lipinski definition) is 3. The topological polar surface area (TPSA) is 66.5 Å². The summed E-state index contributed by atoms with van der Waals surface area (Å²) in [5.74, 6) is -0.198. The maximum absolute atomic E-state index is 12.5. The van der Waals surface area contributed by atoms with Gasteiger partial charge in [0.15, 0.2) is 0 Å². The van der Waals surface area contributed by atoms with Crippen LogP contribution in [0.2, 0.25) is 0 Å². The predicted molar refractivity (Wildman–Crippen MR) is 111 cm³/mol. The molecule has 0 unspecified atom stereocenters. The van der Waals surface area contributed by atoms with Crippen LogP contribution in [0.4, 0.5) is 5.69 Å². The van der Waals surface area contributed by atoms with E-state index in [0.717, 1.165) is 11.8 Å². The molecule has 0 saturated heterocycles. The zero-order chi connectivity index (χ0) is 20.4. The molecule has 0 fully saturated rings. The quantitative estimate of drug-likeness (QED) is 0.845. The van der Waals surface area contributed by atoms with Gasteiger partial charge in [-0.15, -0.1) is 0 Å². The highest BCUT2D eigenvalue weighted by Crippen LogP contribution is 2.24. The second-order valence-electron chi connectivity index (χ2n) is 7.84. The molecule has 2 rings (SSSR count). The van der Waals surface area contributed by atoms with Crippen LogP contribution in [-0.4, -0.2) is 27.6 Å². The zero-order valence-electron chi connectivity index (χ0n) is 16.8. The summed E-state index contributed by atoms with van der Waals surface area (Å²) in [6, 6.07) is 14.6. The highest BCUT2D eigenvalue weighted by Gasteiger charge is 2.16. The SMILES string of the molecule is C[C@H](NC(=O)c1ccc(N(C)S(C)(=O)=O)cc1)c1ccc(C(C)(C)C)cc1. The van der Waals surface area contributed by atoms with E-state index in [4.69, 9.17) is 0 Å². The van der Waals surface area contributed by atoms with Gasteiger partial charge in [0.05, 0.1) is 18.0 Å². The molecule has 27 heavy (non-hydrogen) atoms. The molecule has 1 atom stereocenters. The van der Waals surface area contributed by atoms with Gasteiger partial charge in [-0.25, -0.2) is 8.42 Å². The molecule has 1 N–H and O–H groups in total. The maximum atomic E-state index is 12.5. The number of carbonyl (C=O) groups excluding carboxylic acids is 1. The lowest BCUT2D eigenvalue weighted by Gasteiger charge is -2.21. The van der Waals surface area contributed by atoms with E-state index >= 15 is 0 Å². The van der Waals surface area contributed by atoms with Gasteiger partial charge in [-0.3, -0.25) is 9.10 Å². The molecule has 5 nitrogen and oxygen atoms in total. The molecule has 0 radical (unpaired) electrons. The van der Waals surface area contributed by atoms with E-state index < -0.39 is 10.0 Å². The Hall–Kier alpha value is -2.34. The van der Waals surface area contributed by atoms with Gasteiger partial charge in [-0.1, -0.05) is 45.0 Å². The van der Waals surface area contributed by atoms with Crippen molar-refractivity contribution < 1.29 is 13.2 Å². The number of carbonyl (C=O) groups is 1. The molecule has 146 valence electrons. The number of nitrogens with zero attached hydrogens (tertiary/aromatic N) is 1. The normalized spacial score (nSPS) is 13.1. The third-order valence-electron chi connectivity index (χ3n) is 4.61. The van der Waals surface area contributed by atoms with Crippen molar-refractivity contribution >= 4 is 21.6 Å².